The number of likely N-dealkylation sites (tertiary alicyclic amines) is 1. The van der Waals surface area contributed by atoms with Crippen LogP contribution in [0.3, 0.4) is 0 Å². The van der Waals surface area contributed by atoms with E-state index in [2.05, 4.69) is 11.8 Å². The summed E-state index contributed by atoms with van der Waals surface area (Å²) in [4.78, 5) is 14.6. The molecule has 0 spiro atoms. The van der Waals surface area contributed by atoms with Crippen LogP contribution >= 0.6 is 0 Å². The summed E-state index contributed by atoms with van der Waals surface area (Å²) in [5.41, 5.74) is 0.791. The lowest BCUT2D eigenvalue weighted by atomic mass is 9.99. The Hall–Kier alpha value is -1.35. The maximum absolute atomic E-state index is 12.2. The Balaban J connectivity index is 1.79. The number of carbonyl (C=O) groups is 1. The fraction of sp³-hybridized carbons (Fsp3) is 0.588. The van der Waals surface area contributed by atoms with Gasteiger partial charge in [0.1, 0.15) is 5.75 Å². The van der Waals surface area contributed by atoms with Gasteiger partial charge in [0.15, 0.2) is 5.78 Å². The Morgan fingerprint density at radius 2 is 1.90 bits per heavy atom. The van der Waals surface area contributed by atoms with E-state index in [1.54, 1.807) is 0 Å². The zero-order valence-electron chi connectivity index (χ0n) is 12.6. The Labute approximate surface area is 121 Å². The van der Waals surface area contributed by atoms with Gasteiger partial charge in [-0.2, -0.15) is 0 Å². The topological polar surface area (TPSA) is 29.5 Å². The third-order valence-corrected chi connectivity index (χ3v) is 4.02. The van der Waals surface area contributed by atoms with Gasteiger partial charge in [-0.15, -0.1) is 0 Å². The Morgan fingerprint density at radius 1 is 1.25 bits per heavy atom. The fourth-order valence-corrected chi connectivity index (χ4v) is 2.59. The SMILES string of the molecule is CCOc1ccc(C(=O)CCN2CCC(C)CC2)cc1. The molecule has 110 valence electrons. The molecule has 0 radical (unpaired) electrons. The van der Waals surface area contributed by atoms with E-state index in [1.807, 2.05) is 31.2 Å². The Kier molecular flexibility index (Phi) is 5.60. The fourth-order valence-electron chi connectivity index (χ4n) is 2.59. The first-order chi connectivity index (χ1) is 9.69. The van der Waals surface area contributed by atoms with Gasteiger partial charge >= 0.3 is 0 Å². The second kappa shape index (κ2) is 7.44. The molecule has 1 fully saturated rings. The van der Waals surface area contributed by atoms with Gasteiger partial charge in [0, 0.05) is 18.5 Å². The van der Waals surface area contributed by atoms with E-state index in [9.17, 15) is 4.79 Å². The predicted octanol–water partition coefficient (Wildman–Crippen LogP) is 3.39. The van der Waals surface area contributed by atoms with Crippen LogP contribution in [0, 0.1) is 5.92 Å². The molecule has 2 rings (SSSR count). The molecule has 20 heavy (non-hydrogen) atoms. The molecule has 0 N–H and O–H groups in total. The van der Waals surface area contributed by atoms with Crippen LogP contribution in [-0.2, 0) is 0 Å². The summed E-state index contributed by atoms with van der Waals surface area (Å²) < 4.78 is 5.39. The predicted molar refractivity (Wildman–Crippen MR) is 81.4 cm³/mol. The van der Waals surface area contributed by atoms with Crippen molar-refractivity contribution in [1.29, 1.82) is 0 Å². The molecule has 0 unspecified atom stereocenters. The average Bonchev–Trinajstić information content (AvgIpc) is 2.47. The molecule has 0 aliphatic carbocycles. The highest BCUT2D eigenvalue weighted by molar-refractivity contribution is 5.96. The van der Waals surface area contributed by atoms with Crippen molar-refractivity contribution >= 4 is 5.78 Å². The molecule has 0 atom stereocenters. The zero-order valence-corrected chi connectivity index (χ0v) is 12.6. The van der Waals surface area contributed by atoms with E-state index >= 15 is 0 Å². The third kappa shape index (κ3) is 4.34. The van der Waals surface area contributed by atoms with Crippen molar-refractivity contribution in [2.75, 3.05) is 26.2 Å². The second-order valence-corrected chi connectivity index (χ2v) is 5.65. The average molecular weight is 275 g/mol. The minimum Gasteiger partial charge on any atom is -0.494 e. The number of carbonyl (C=O) groups excluding carboxylic acids is 1. The lowest BCUT2D eigenvalue weighted by Crippen LogP contribution is -2.34. The maximum atomic E-state index is 12.2. The van der Waals surface area contributed by atoms with Crippen molar-refractivity contribution in [2.45, 2.75) is 33.1 Å². The summed E-state index contributed by atoms with van der Waals surface area (Å²) in [5.74, 6) is 1.90. The molecule has 0 aromatic heterocycles. The van der Waals surface area contributed by atoms with Gasteiger partial charge in [-0.25, -0.2) is 0 Å². The van der Waals surface area contributed by atoms with Crippen LogP contribution < -0.4 is 4.74 Å². The van der Waals surface area contributed by atoms with Crippen LogP contribution in [0.4, 0.5) is 0 Å². The number of Topliss-reactive ketones (excluding diaryl/α,β-unsaturated/α-hetero) is 1. The molecule has 1 aliphatic rings. The van der Waals surface area contributed by atoms with Crippen molar-refractivity contribution in [1.82, 2.24) is 4.90 Å². The third-order valence-electron chi connectivity index (χ3n) is 4.02. The smallest absolute Gasteiger partial charge is 0.164 e. The first-order valence-electron chi connectivity index (χ1n) is 7.67. The van der Waals surface area contributed by atoms with Crippen molar-refractivity contribution in [3.63, 3.8) is 0 Å². The molecule has 0 amide bonds. The van der Waals surface area contributed by atoms with Crippen LogP contribution in [0.2, 0.25) is 0 Å². The van der Waals surface area contributed by atoms with Crippen molar-refractivity contribution < 1.29 is 9.53 Å². The van der Waals surface area contributed by atoms with E-state index in [1.165, 1.54) is 12.8 Å². The van der Waals surface area contributed by atoms with Crippen molar-refractivity contribution in [3.05, 3.63) is 29.8 Å². The molecule has 3 nitrogen and oxygen atoms in total. The van der Waals surface area contributed by atoms with E-state index < -0.39 is 0 Å². The van der Waals surface area contributed by atoms with E-state index in [0.29, 0.717) is 13.0 Å². The second-order valence-electron chi connectivity index (χ2n) is 5.65. The van der Waals surface area contributed by atoms with Crippen LogP contribution in [0.1, 0.15) is 43.5 Å². The molecule has 1 aromatic rings. The minimum atomic E-state index is 0.228. The van der Waals surface area contributed by atoms with Crippen molar-refractivity contribution in [2.24, 2.45) is 5.92 Å². The van der Waals surface area contributed by atoms with Gasteiger partial charge in [0.25, 0.3) is 0 Å². The number of ketones is 1. The van der Waals surface area contributed by atoms with Gasteiger partial charge < -0.3 is 9.64 Å². The monoisotopic (exact) mass is 275 g/mol. The number of hydrogen-bond acceptors (Lipinski definition) is 3. The highest BCUT2D eigenvalue weighted by Crippen LogP contribution is 2.17. The highest BCUT2D eigenvalue weighted by Gasteiger charge is 2.16. The quantitative estimate of drug-likeness (QED) is 0.745. The normalized spacial score (nSPS) is 17.1. The van der Waals surface area contributed by atoms with Gasteiger partial charge in [0.2, 0.25) is 0 Å². The number of benzene rings is 1. The van der Waals surface area contributed by atoms with Crippen LogP contribution in [0.15, 0.2) is 24.3 Å². The number of rotatable bonds is 6. The summed E-state index contributed by atoms with van der Waals surface area (Å²) in [5, 5.41) is 0. The molecular weight excluding hydrogens is 250 g/mol. The number of ether oxygens (including phenoxy) is 1. The number of hydrogen-bond donors (Lipinski definition) is 0. The summed E-state index contributed by atoms with van der Waals surface area (Å²) >= 11 is 0. The standard InChI is InChI=1S/C17H25NO2/c1-3-20-16-6-4-15(5-7-16)17(19)10-13-18-11-8-14(2)9-12-18/h4-7,14H,3,8-13H2,1-2H3. The van der Waals surface area contributed by atoms with Crippen LogP contribution in [0.25, 0.3) is 0 Å². The number of nitrogens with zero attached hydrogens (tertiary/aromatic N) is 1. The van der Waals surface area contributed by atoms with E-state index in [4.69, 9.17) is 4.74 Å². The lowest BCUT2D eigenvalue weighted by molar-refractivity contribution is 0.0953. The largest absolute Gasteiger partial charge is 0.494 e. The zero-order chi connectivity index (χ0) is 14.4. The van der Waals surface area contributed by atoms with Crippen LogP contribution in [0.5, 0.6) is 5.75 Å². The molecule has 0 saturated carbocycles. The highest BCUT2D eigenvalue weighted by atomic mass is 16.5. The van der Waals surface area contributed by atoms with Gasteiger partial charge in [-0.3, -0.25) is 4.79 Å². The molecule has 1 aromatic carbocycles. The van der Waals surface area contributed by atoms with E-state index in [0.717, 1.165) is 36.9 Å². The molecule has 1 saturated heterocycles. The van der Waals surface area contributed by atoms with E-state index in [-0.39, 0.29) is 5.78 Å². The molecule has 1 aliphatic heterocycles. The summed E-state index contributed by atoms with van der Waals surface area (Å²) in [6.45, 7) is 8.08. The summed E-state index contributed by atoms with van der Waals surface area (Å²) in [7, 11) is 0. The Bertz CT molecular complexity index is 419. The van der Waals surface area contributed by atoms with Crippen LogP contribution in [-0.4, -0.2) is 36.9 Å². The Morgan fingerprint density at radius 3 is 2.50 bits per heavy atom. The first-order valence-corrected chi connectivity index (χ1v) is 7.67. The number of piperidine rings is 1. The summed E-state index contributed by atoms with van der Waals surface area (Å²) in [6, 6.07) is 7.48. The first kappa shape index (κ1) is 15.0. The van der Waals surface area contributed by atoms with Gasteiger partial charge in [-0.1, -0.05) is 6.92 Å². The molecule has 3 heteroatoms. The lowest BCUT2D eigenvalue weighted by Gasteiger charge is -2.29. The van der Waals surface area contributed by atoms with Gasteiger partial charge in [-0.05, 0) is 63.0 Å². The molecule has 0 bridgehead atoms. The summed E-state index contributed by atoms with van der Waals surface area (Å²) in [6.07, 6.45) is 3.14. The van der Waals surface area contributed by atoms with Gasteiger partial charge in [0.05, 0.1) is 6.61 Å². The minimum absolute atomic E-state index is 0.228. The maximum Gasteiger partial charge on any atom is 0.164 e. The molecular formula is C17H25NO2. The van der Waals surface area contributed by atoms with Crippen molar-refractivity contribution in [3.8, 4) is 5.75 Å². The molecule has 1 heterocycles.